The summed E-state index contributed by atoms with van der Waals surface area (Å²) in [5, 5.41) is 5.25. The molecular weight excluding hydrogens is 308 g/mol. The zero-order chi connectivity index (χ0) is 15.0. The summed E-state index contributed by atoms with van der Waals surface area (Å²) in [6.45, 7) is 3.40. The first-order chi connectivity index (χ1) is 10.8. The number of para-hydroxylation sites is 1. The number of rotatable bonds is 4. The van der Waals surface area contributed by atoms with Crippen LogP contribution in [0, 0.1) is 0 Å². The summed E-state index contributed by atoms with van der Waals surface area (Å²) in [7, 11) is 0. The average molecular weight is 333 g/mol. The summed E-state index contributed by atoms with van der Waals surface area (Å²) in [5.74, 6) is 2.57. The van der Waals surface area contributed by atoms with Gasteiger partial charge in [0.05, 0.1) is 0 Å². The fourth-order valence-electron chi connectivity index (χ4n) is 3.83. The quantitative estimate of drug-likeness (QED) is 0.770. The van der Waals surface area contributed by atoms with Crippen molar-refractivity contribution in [2.24, 2.45) is 0 Å². The van der Waals surface area contributed by atoms with Gasteiger partial charge in [0.1, 0.15) is 4.08 Å². The van der Waals surface area contributed by atoms with Crippen LogP contribution in [0.25, 0.3) is 10.9 Å². The maximum Gasteiger partial charge on any atom is 0.101 e. The van der Waals surface area contributed by atoms with Crippen molar-refractivity contribution in [3.63, 3.8) is 0 Å². The standard InChI is InChI=1S/C18H24N2S2/c1-2-3-10-19-15-8-9-18(21-11-12-22-18)17-16(15)13-6-4-5-7-14(13)20-17/h4-7,15,19-20H,2-3,8-12H2,1H3/t15-/m1/s1. The van der Waals surface area contributed by atoms with E-state index < -0.39 is 0 Å². The minimum Gasteiger partial charge on any atom is -0.356 e. The average Bonchev–Trinajstić information content (AvgIpc) is 3.16. The van der Waals surface area contributed by atoms with Crippen molar-refractivity contribution in [1.29, 1.82) is 0 Å². The van der Waals surface area contributed by atoms with Crippen LogP contribution in [0.4, 0.5) is 0 Å². The number of hydrogen-bond acceptors (Lipinski definition) is 3. The van der Waals surface area contributed by atoms with Gasteiger partial charge in [0.25, 0.3) is 0 Å². The first kappa shape index (κ1) is 15.0. The molecule has 1 fully saturated rings. The van der Waals surface area contributed by atoms with Crippen LogP contribution < -0.4 is 5.32 Å². The predicted molar refractivity (Wildman–Crippen MR) is 99.8 cm³/mol. The van der Waals surface area contributed by atoms with Gasteiger partial charge >= 0.3 is 0 Å². The van der Waals surface area contributed by atoms with Crippen molar-refractivity contribution in [2.45, 2.75) is 42.7 Å². The number of fused-ring (bicyclic) bond motifs is 4. The Morgan fingerprint density at radius 1 is 1.27 bits per heavy atom. The summed E-state index contributed by atoms with van der Waals surface area (Å²) in [4.78, 5) is 3.79. The molecule has 1 atom stereocenters. The van der Waals surface area contributed by atoms with Crippen LogP contribution >= 0.6 is 23.5 Å². The van der Waals surface area contributed by atoms with E-state index in [1.165, 1.54) is 53.8 Å². The van der Waals surface area contributed by atoms with E-state index in [1.807, 2.05) is 0 Å². The fourth-order valence-corrected chi connectivity index (χ4v) is 7.12. The second-order valence-electron chi connectivity index (χ2n) is 6.31. The molecule has 1 aliphatic carbocycles. The molecule has 1 saturated heterocycles. The summed E-state index contributed by atoms with van der Waals surface area (Å²) in [6.07, 6.45) is 5.07. The predicted octanol–water partition coefficient (Wildman–Crippen LogP) is 5.03. The third kappa shape index (κ3) is 2.40. The number of unbranched alkanes of at least 4 members (excludes halogenated alkanes) is 1. The molecule has 0 bridgehead atoms. The Labute approximate surface area is 141 Å². The topological polar surface area (TPSA) is 27.8 Å². The van der Waals surface area contributed by atoms with E-state index in [0.717, 1.165) is 6.54 Å². The highest BCUT2D eigenvalue weighted by atomic mass is 32.2. The number of H-pyrrole nitrogens is 1. The maximum atomic E-state index is 3.82. The highest BCUT2D eigenvalue weighted by Gasteiger charge is 2.45. The Morgan fingerprint density at radius 2 is 2.09 bits per heavy atom. The second kappa shape index (κ2) is 6.14. The van der Waals surface area contributed by atoms with Gasteiger partial charge in [-0.1, -0.05) is 31.5 Å². The molecule has 0 saturated carbocycles. The van der Waals surface area contributed by atoms with E-state index in [2.05, 4.69) is 65.0 Å². The normalized spacial score (nSPS) is 23.2. The lowest BCUT2D eigenvalue weighted by atomic mass is 9.89. The summed E-state index contributed by atoms with van der Waals surface area (Å²) in [5.41, 5.74) is 4.37. The third-order valence-electron chi connectivity index (χ3n) is 4.91. The van der Waals surface area contributed by atoms with Gasteiger partial charge in [-0.05, 0) is 37.4 Å². The number of aromatic nitrogens is 1. The van der Waals surface area contributed by atoms with Crippen LogP contribution in [0.15, 0.2) is 24.3 Å². The van der Waals surface area contributed by atoms with Gasteiger partial charge in [0.2, 0.25) is 0 Å². The summed E-state index contributed by atoms with van der Waals surface area (Å²) >= 11 is 4.32. The Morgan fingerprint density at radius 3 is 2.91 bits per heavy atom. The molecule has 0 unspecified atom stereocenters. The SMILES string of the molecule is CCCCN[C@@H]1CCC2(SCCS2)c2[nH]c3ccccc3c21. The van der Waals surface area contributed by atoms with Crippen LogP contribution in [-0.4, -0.2) is 23.0 Å². The van der Waals surface area contributed by atoms with Gasteiger partial charge in [-0.15, -0.1) is 23.5 Å². The molecule has 0 amide bonds. The summed E-state index contributed by atoms with van der Waals surface area (Å²) < 4.78 is 0.289. The maximum absolute atomic E-state index is 3.82. The Bertz CT molecular complexity index is 658. The smallest absolute Gasteiger partial charge is 0.101 e. The largest absolute Gasteiger partial charge is 0.356 e. The lowest BCUT2D eigenvalue weighted by Crippen LogP contribution is -2.31. The third-order valence-corrected chi connectivity index (χ3v) is 8.44. The first-order valence-electron chi connectivity index (χ1n) is 8.46. The molecule has 0 radical (unpaired) electrons. The van der Waals surface area contributed by atoms with Crippen LogP contribution in [0.2, 0.25) is 0 Å². The molecule has 2 nitrogen and oxygen atoms in total. The zero-order valence-corrected chi connectivity index (χ0v) is 14.8. The van der Waals surface area contributed by atoms with Gasteiger partial charge in [0.15, 0.2) is 0 Å². The Hall–Kier alpha value is -0.580. The van der Waals surface area contributed by atoms with E-state index in [4.69, 9.17) is 0 Å². The second-order valence-corrected chi connectivity index (χ2v) is 9.35. The highest BCUT2D eigenvalue weighted by Crippen LogP contribution is 2.60. The van der Waals surface area contributed by atoms with E-state index in [0.29, 0.717) is 6.04 Å². The summed E-state index contributed by atoms with van der Waals surface area (Å²) in [6, 6.07) is 9.36. The lowest BCUT2D eigenvalue weighted by molar-refractivity contribution is 0.443. The van der Waals surface area contributed by atoms with Crippen molar-refractivity contribution < 1.29 is 0 Å². The van der Waals surface area contributed by atoms with Gasteiger partial charge in [-0.2, -0.15) is 0 Å². The van der Waals surface area contributed by atoms with E-state index in [-0.39, 0.29) is 4.08 Å². The number of benzene rings is 1. The van der Waals surface area contributed by atoms with Gasteiger partial charge in [0, 0.05) is 34.1 Å². The van der Waals surface area contributed by atoms with Crippen molar-refractivity contribution in [3.8, 4) is 0 Å². The zero-order valence-electron chi connectivity index (χ0n) is 13.2. The molecule has 4 rings (SSSR count). The van der Waals surface area contributed by atoms with Crippen molar-refractivity contribution in [3.05, 3.63) is 35.5 Å². The number of aromatic amines is 1. The molecule has 2 N–H and O–H groups in total. The van der Waals surface area contributed by atoms with Crippen molar-refractivity contribution in [2.75, 3.05) is 18.1 Å². The Kier molecular flexibility index (Phi) is 4.18. The molecule has 22 heavy (non-hydrogen) atoms. The number of hydrogen-bond donors (Lipinski definition) is 2. The Balaban J connectivity index is 1.78. The van der Waals surface area contributed by atoms with Gasteiger partial charge in [-0.25, -0.2) is 0 Å². The van der Waals surface area contributed by atoms with Crippen LogP contribution in [0.1, 0.15) is 49.9 Å². The molecule has 2 heterocycles. The van der Waals surface area contributed by atoms with Gasteiger partial charge < -0.3 is 10.3 Å². The van der Waals surface area contributed by atoms with E-state index >= 15 is 0 Å². The van der Waals surface area contributed by atoms with Crippen LogP contribution in [0.5, 0.6) is 0 Å². The number of thioether (sulfide) groups is 2. The highest BCUT2D eigenvalue weighted by molar-refractivity contribution is 8.20. The van der Waals surface area contributed by atoms with Crippen LogP contribution in [0.3, 0.4) is 0 Å². The molecule has 1 aromatic carbocycles. The van der Waals surface area contributed by atoms with Crippen molar-refractivity contribution >= 4 is 34.4 Å². The number of nitrogens with one attached hydrogen (secondary N) is 2. The molecule has 1 aromatic heterocycles. The molecule has 1 aliphatic heterocycles. The fraction of sp³-hybridized carbons (Fsp3) is 0.556. The van der Waals surface area contributed by atoms with E-state index in [1.54, 1.807) is 5.56 Å². The molecular formula is C18H24N2S2. The molecule has 1 spiro atoms. The first-order valence-corrected chi connectivity index (χ1v) is 10.4. The molecule has 2 aromatic rings. The van der Waals surface area contributed by atoms with Crippen LogP contribution in [-0.2, 0) is 4.08 Å². The van der Waals surface area contributed by atoms with E-state index in [9.17, 15) is 0 Å². The monoisotopic (exact) mass is 332 g/mol. The molecule has 2 aliphatic rings. The molecule has 4 heteroatoms. The van der Waals surface area contributed by atoms with Crippen molar-refractivity contribution in [1.82, 2.24) is 10.3 Å². The van der Waals surface area contributed by atoms with Gasteiger partial charge in [-0.3, -0.25) is 0 Å². The lowest BCUT2D eigenvalue weighted by Gasteiger charge is -2.36. The minimum atomic E-state index is 0.289. The minimum absolute atomic E-state index is 0.289. The molecule has 118 valence electrons.